The molecule has 1 aliphatic rings. The topological polar surface area (TPSA) is 43.4 Å². The van der Waals surface area contributed by atoms with E-state index in [1.807, 2.05) is 6.92 Å². The predicted octanol–water partition coefficient (Wildman–Crippen LogP) is 1.89. The molecule has 0 heterocycles. The fourth-order valence-corrected chi connectivity index (χ4v) is 2.12. The van der Waals surface area contributed by atoms with Crippen LogP contribution in [0.1, 0.15) is 32.6 Å². The summed E-state index contributed by atoms with van der Waals surface area (Å²) < 4.78 is 17.5. The van der Waals surface area contributed by atoms with Crippen LogP contribution < -0.4 is 0 Å². The van der Waals surface area contributed by atoms with Gasteiger partial charge in [-0.25, -0.2) is 9.18 Å². The average Bonchev–Trinajstić information content (AvgIpc) is 2.26. The van der Waals surface area contributed by atoms with Gasteiger partial charge in [0.1, 0.15) is 0 Å². The molecule has 0 amide bonds. The number of rotatable bonds is 3. The van der Waals surface area contributed by atoms with Gasteiger partial charge in [-0.15, -0.1) is 0 Å². The first-order valence-corrected chi connectivity index (χ1v) is 5.32. The second-order valence-electron chi connectivity index (χ2n) is 4.26. The third kappa shape index (κ3) is 3.01. The largest absolute Gasteiger partial charge is 0.467 e. The number of esters is 1. The Labute approximate surface area is 89.0 Å². The van der Waals surface area contributed by atoms with Crippen molar-refractivity contribution < 1.29 is 18.7 Å². The Morgan fingerprint density at radius 3 is 2.60 bits per heavy atom. The molecule has 3 atom stereocenters. The molecule has 4 heteroatoms. The fraction of sp³-hybridized carbons (Fsp3) is 0.818. The molecule has 0 radical (unpaired) electrons. The van der Waals surface area contributed by atoms with Crippen LogP contribution in [0.15, 0.2) is 0 Å². The number of ether oxygens (including phenoxy) is 1. The standard InChI is InChI=1S/C11H17FO3/c1-7-4-3-5-8(6-7)10(13)9(12)11(14)15-2/h7-9H,3-6H2,1-2H3. The molecule has 0 aliphatic heterocycles. The molecule has 3 unspecified atom stereocenters. The highest BCUT2D eigenvalue weighted by Gasteiger charge is 2.34. The summed E-state index contributed by atoms with van der Waals surface area (Å²) >= 11 is 0. The van der Waals surface area contributed by atoms with Crippen LogP contribution in [0.4, 0.5) is 4.39 Å². The van der Waals surface area contributed by atoms with Gasteiger partial charge in [-0.05, 0) is 18.8 Å². The van der Waals surface area contributed by atoms with Crippen LogP contribution in [-0.4, -0.2) is 25.0 Å². The van der Waals surface area contributed by atoms with E-state index in [0.29, 0.717) is 18.8 Å². The van der Waals surface area contributed by atoms with Crippen molar-refractivity contribution in [1.29, 1.82) is 0 Å². The molecule has 3 nitrogen and oxygen atoms in total. The third-order valence-corrected chi connectivity index (χ3v) is 3.00. The Balaban J connectivity index is 2.55. The first kappa shape index (κ1) is 12.1. The molecule has 1 saturated carbocycles. The van der Waals surface area contributed by atoms with E-state index in [-0.39, 0.29) is 5.92 Å². The summed E-state index contributed by atoms with van der Waals surface area (Å²) in [5.41, 5.74) is 0. The minimum Gasteiger partial charge on any atom is -0.467 e. The lowest BCUT2D eigenvalue weighted by Gasteiger charge is -2.25. The number of hydrogen-bond donors (Lipinski definition) is 0. The van der Waals surface area contributed by atoms with Crippen LogP contribution in [0.3, 0.4) is 0 Å². The number of Topliss-reactive ketones (excluding diaryl/α,β-unsaturated/α-hetero) is 1. The summed E-state index contributed by atoms with van der Waals surface area (Å²) in [4.78, 5) is 22.4. The van der Waals surface area contributed by atoms with Gasteiger partial charge in [0.15, 0.2) is 5.78 Å². The number of alkyl halides is 1. The Kier molecular flexibility index (Phi) is 4.24. The quantitative estimate of drug-likeness (QED) is 0.534. The minimum absolute atomic E-state index is 0.303. The van der Waals surface area contributed by atoms with E-state index in [0.717, 1.165) is 20.0 Å². The Morgan fingerprint density at radius 2 is 2.07 bits per heavy atom. The van der Waals surface area contributed by atoms with E-state index in [1.54, 1.807) is 0 Å². The normalized spacial score (nSPS) is 28.2. The third-order valence-electron chi connectivity index (χ3n) is 3.00. The average molecular weight is 216 g/mol. The van der Waals surface area contributed by atoms with Gasteiger partial charge >= 0.3 is 5.97 Å². The zero-order valence-electron chi connectivity index (χ0n) is 9.16. The molecular weight excluding hydrogens is 199 g/mol. The molecule has 1 fully saturated rings. The SMILES string of the molecule is COC(=O)C(F)C(=O)C1CCCC(C)C1. The number of halogens is 1. The zero-order chi connectivity index (χ0) is 11.4. The van der Waals surface area contributed by atoms with Crippen LogP contribution in [0.2, 0.25) is 0 Å². The van der Waals surface area contributed by atoms with E-state index in [4.69, 9.17) is 0 Å². The second-order valence-corrected chi connectivity index (χ2v) is 4.26. The molecule has 1 rings (SSSR count). The predicted molar refractivity (Wildman–Crippen MR) is 53.0 cm³/mol. The Morgan fingerprint density at radius 1 is 1.40 bits per heavy atom. The molecule has 0 aromatic heterocycles. The van der Waals surface area contributed by atoms with Crippen LogP contribution >= 0.6 is 0 Å². The molecule has 0 aromatic carbocycles. The van der Waals surface area contributed by atoms with Crippen LogP contribution in [0.25, 0.3) is 0 Å². The van der Waals surface area contributed by atoms with E-state index >= 15 is 0 Å². The van der Waals surface area contributed by atoms with Crippen LogP contribution in [0, 0.1) is 11.8 Å². The molecule has 0 N–H and O–H groups in total. The smallest absolute Gasteiger partial charge is 0.348 e. The van der Waals surface area contributed by atoms with E-state index < -0.39 is 17.9 Å². The summed E-state index contributed by atoms with van der Waals surface area (Å²) in [7, 11) is 1.09. The lowest BCUT2D eigenvalue weighted by molar-refractivity contribution is -0.152. The van der Waals surface area contributed by atoms with Crippen LogP contribution in [0.5, 0.6) is 0 Å². The monoisotopic (exact) mass is 216 g/mol. The van der Waals surface area contributed by atoms with E-state index in [1.165, 1.54) is 0 Å². The summed E-state index contributed by atoms with van der Waals surface area (Å²) in [5, 5.41) is 0. The number of carbonyl (C=O) groups is 2. The molecule has 0 spiro atoms. The maximum absolute atomic E-state index is 13.3. The van der Waals surface area contributed by atoms with Gasteiger partial charge in [-0.3, -0.25) is 4.79 Å². The molecule has 1 aliphatic carbocycles. The van der Waals surface area contributed by atoms with E-state index in [2.05, 4.69) is 4.74 Å². The summed E-state index contributed by atoms with van der Waals surface area (Å²) in [5.74, 6) is -1.54. The Hall–Kier alpha value is -0.930. The maximum atomic E-state index is 13.3. The highest BCUT2D eigenvalue weighted by atomic mass is 19.1. The molecule has 0 aromatic rings. The first-order valence-electron chi connectivity index (χ1n) is 5.32. The molecule has 0 saturated heterocycles. The minimum atomic E-state index is -2.09. The van der Waals surface area contributed by atoms with Crippen molar-refractivity contribution in [3.63, 3.8) is 0 Å². The summed E-state index contributed by atoms with van der Waals surface area (Å²) in [6.07, 6.45) is 1.31. The van der Waals surface area contributed by atoms with Crippen molar-refractivity contribution >= 4 is 11.8 Å². The van der Waals surface area contributed by atoms with Gasteiger partial charge in [0.05, 0.1) is 7.11 Å². The lowest BCUT2D eigenvalue weighted by Crippen LogP contribution is -2.34. The van der Waals surface area contributed by atoms with Gasteiger partial charge in [0.25, 0.3) is 6.17 Å². The van der Waals surface area contributed by atoms with Crippen molar-refractivity contribution in [2.75, 3.05) is 7.11 Å². The van der Waals surface area contributed by atoms with E-state index in [9.17, 15) is 14.0 Å². The lowest BCUT2D eigenvalue weighted by atomic mass is 9.79. The van der Waals surface area contributed by atoms with Crippen LogP contribution in [-0.2, 0) is 14.3 Å². The maximum Gasteiger partial charge on any atom is 0.348 e. The van der Waals surface area contributed by atoms with Crippen molar-refractivity contribution in [2.24, 2.45) is 11.8 Å². The number of ketones is 1. The van der Waals surface area contributed by atoms with Gasteiger partial charge in [0, 0.05) is 5.92 Å². The first-order chi connectivity index (χ1) is 7.06. The molecular formula is C11H17FO3. The summed E-state index contributed by atoms with van der Waals surface area (Å²) in [6, 6.07) is 0. The number of methoxy groups -OCH3 is 1. The molecule has 86 valence electrons. The molecule has 0 bridgehead atoms. The number of hydrogen-bond acceptors (Lipinski definition) is 3. The second kappa shape index (κ2) is 5.24. The highest BCUT2D eigenvalue weighted by Crippen LogP contribution is 2.30. The highest BCUT2D eigenvalue weighted by molar-refractivity contribution is 6.02. The zero-order valence-corrected chi connectivity index (χ0v) is 9.16. The van der Waals surface area contributed by atoms with Gasteiger partial charge in [-0.1, -0.05) is 19.8 Å². The van der Waals surface area contributed by atoms with Gasteiger partial charge in [0.2, 0.25) is 0 Å². The van der Waals surface area contributed by atoms with Crippen molar-refractivity contribution in [1.82, 2.24) is 0 Å². The fourth-order valence-electron chi connectivity index (χ4n) is 2.12. The number of carbonyl (C=O) groups excluding carboxylic acids is 2. The van der Waals surface area contributed by atoms with Crippen molar-refractivity contribution in [3.8, 4) is 0 Å². The van der Waals surface area contributed by atoms with Gasteiger partial charge in [-0.2, -0.15) is 0 Å². The summed E-state index contributed by atoms with van der Waals surface area (Å²) in [6.45, 7) is 2.05. The van der Waals surface area contributed by atoms with Crippen molar-refractivity contribution in [3.05, 3.63) is 0 Å². The Bertz CT molecular complexity index is 252. The van der Waals surface area contributed by atoms with Gasteiger partial charge < -0.3 is 4.74 Å². The van der Waals surface area contributed by atoms with Crippen molar-refractivity contribution in [2.45, 2.75) is 38.8 Å². The molecule has 15 heavy (non-hydrogen) atoms.